The van der Waals surface area contributed by atoms with Crippen molar-refractivity contribution >= 4 is 54.9 Å². The molecular formula is C22H13Cl2F5O3S. The fourth-order valence-corrected chi connectivity index (χ4v) is 4.05. The monoisotopic (exact) mass is 522 g/mol. The Hall–Kier alpha value is -2.62. The van der Waals surface area contributed by atoms with Crippen molar-refractivity contribution < 1.29 is 34.6 Å². The van der Waals surface area contributed by atoms with Crippen LogP contribution in [0.3, 0.4) is 0 Å². The highest BCUT2D eigenvalue weighted by Crippen LogP contribution is 2.36. The highest BCUT2D eigenvalue weighted by molar-refractivity contribution is 7.88. The first-order valence-electron chi connectivity index (χ1n) is 9.04. The van der Waals surface area contributed by atoms with Gasteiger partial charge in [-0.05, 0) is 41.5 Å². The van der Waals surface area contributed by atoms with Crippen molar-refractivity contribution in [2.45, 2.75) is 12.4 Å². The second-order valence-electron chi connectivity index (χ2n) is 6.73. The van der Waals surface area contributed by atoms with Crippen LogP contribution in [0.4, 0.5) is 22.0 Å². The van der Waals surface area contributed by atoms with Gasteiger partial charge in [0, 0.05) is 10.8 Å². The average Bonchev–Trinajstić information content (AvgIpc) is 2.73. The summed E-state index contributed by atoms with van der Waals surface area (Å²) >= 11 is 11.5. The number of rotatable bonds is 2. The van der Waals surface area contributed by atoms with E-state index in [9.17, 15) is 30.4 Å². The molecule has 174 valence electrons. The molecule has 0 aliphatic carbocycles. The van der Waals surface area contributed by atoms with Gasteiger partial charge >= 0.3 is 15.6 Å². The van der Waals surface area contributed by atoms with Crippen LogP contribution in [0.25, 0.3) is 21.5 Å². The molecule has 0 unspecified atom stereocenters. The van der Waals surface area contributed by atoms with Gasteiger partial charge in [-0.15, -0.1) is 0 Å². The van der Waals surface area contributed by atoms with E-state index in [-0.39, 0.29) is 21.6 Å². The summed E-state index contributed by atoms with van der Waals surface area (Å²) in [4.78, 5) is 0. The van der Waals surface area contributed by atoms with E-state index >= 15 is 0 Å². The topological polar surface area (TPSA) is 43.4 Å². The summed E-state index contributed by atoms with van der Waals surface area (Å²) in [5.41, 5.74) is -4.59. The van der Waals surface area contributed by atoms with Crippen molar-refractivity contribution in [3.8, 4) is 5.75 Å². The van der Waals surface area contributed by atoms with E-state index in [1.807, 2.05) is 25.1 Å². The molecule has 0 amide bonds. The second-order valence-corrected chi connectivity index (χ2v) is 9.03. The minimum atomic E-state index is -5.85. The molecule has 0 saturated heterocycles. The van der Waals surface area contributed by atoms with Crippen LogP contribution >= 0.6 is 23.2 Å². The Kier molecular flexibility index (Phi) is 7.07. The quantitative estimate of drug-likeness (QED) is 0.153. The number of hydrogen-bond acceptors (Lipinski definition) is 3. The summed E-state index contributed by atoms with van der Waals surface area (Å²) in [6.07, 6.45) is 0. The van der Waals surface area contributed by atoms with Crippen LogP contribution in [0.1, 0.15) is 5.56 Å². The third-order valence-corrected chi connectivity index (χ3v) is 6.23. The molecule has 0 spiro atoms. The van der Waals surface area contributed by atoms with Crippen LogP contribution in [0.2, 0.25) is 10.0 Å². The Morgan fingerprint density at radius 3 is 1.79 bits per heavy atom. The van der Waals surface area contributed by atoms with Gasteiger partial charge < -0.3 is 4.18 Å². The summed E-state index contributed by atoms with van der Waals surface area (Å²) < 4.78 is 89.2. The molecule has 11 heteroatoms. The molecule has 0 saturated carbocycles. The fourth-order valence-electron chi connectivity index (χ4n) is 3.00. The largest absolute Gasteiger partial charge is 0.534 e. The lowest BCUT2D eigenvalue weighted by atomic mass is 10.1. The van der Waals surface area contributed by atoms with E-state index in [0.29, 0.717) is 0 Å². The number of alkyl halides is 3. The van der Waals surface area contributed by atoms with Gasteiger partial charge in [-0.1, -0.05) is 65.7 Å². The Bertz CT molecular complexity index is 1450. The maximum Gasteiger partial charge on any atom is 0.534 e. The van der Waals surface area contributed by atoms with E-state index in [0.717, 1.165) is 28.5 Å². The van der Waals surface area contributed by atoms with Crippen molar-refractivity contribution in [1.82, 2.24) is 0 Å². The number of benzene rings is 4. The third-order valence-electron chi connectivity index (χ3n) is 4.52. The third kappa shape index (κ3) is 5.15. The van der Waals surface area contributed by atoms with E-state index in [4.69, 9.17) is 23.2 Å². The van der Waals surface area contributed by atoms with Gasteiger partial charge in [0.2, 0.25) is 0 Å². The smallest absolute Gasteiger partial charge is 0.375 e. The number of fused-ring (bicyclic) bond motifs is 2. The molecule has 33 heavy (non-hydrogen) atoms. The molecule has 0 bridgehead atoms. The fraction of sp³-hybridized carbons (Fsp3) is 0.0909. The number of halogens is 7. The molecule has 0 aliphatic heterocycles. The molecule has 0 fully saturated rings. The van der Waals surface area contributed by atoms with Crippen molar-refractivity contribution in [2.24, 2.45) is 0 Å². The normalized spacial score (nSPS) is 11.9. The summed E-state index contributed by atoms with van der Waals surface area (Å²) in [6, 6.07) is 14.8. The van der Waals surface area contributed by atoms with Gasteiger partial charge in [0.15, 0.2) is 5.75 Å². The molecule has 0 N–H and O–H groups in total. The minimum Gasteiger partial charge on any atom is -0.375 e. The van der Waals surface area contributed by atoms with Gasteiger partial charge in [0.25, 0.3) is 0 Å². The lowest BCUT2D eigenvalue weighted by Gasteiger charge is -2.12. The summed E-state index contributed by atoms with van der Waals surface area (Å²) in [5.74, 6) is -1.95. The molecule has 4 rings (SSSR count). The van der Waals surface area contributed by atoms with Crippen LogP contribution < -0.4 is 4.18 Å². The Labute approximate surface area is 195 Å². The van der Waals surface area contributed by atoms with Crippen molar-refractivity contribution in [1.29, 1.82) is 0 Å². The summed E-state index contributed by atoms with van der Waals surface area (Å²) in [6.45, 7) is 1.92. The van der Waals surface area contributed by atoms with E-state index in [1.54, 1.807) is 6.07 Å². The molecule has 0 aromatic heterocycles. The number of hydrogen-bond donors (Lipinski definition) is 0. The van der Waals surface area contributed by atoms with Gasteiger partial charge in [-0.3, -0.25) is 0 Å². The van der Waals surface area contributed by atoms with E-state index < -0.39 is 32.2 Å². The molecule has 4 aromatic carbocycles. The van der Waals surface area contributed by atoms with E-state index in [2.05, 4.69) is 4.18 Å². The first kappa shape index (κ1) is 25.0. The van der Waals surface area contributed by atoms with Crippen LogP contribution in [0.15, 0.2) is 60.7 Å². The zero-order valence-corrected chi connectivity index (χ0v) is 18.9. The zero-order chi connectivity index (χ0) is 24.6. The predicted molar refractivity (Wildman–Crippen MR) is 118 cm³/mol. The lowest BCUT2D eigenvalue weighted by Crippen LogP contribution is -2.28. The van der Waals surface area contributed by atoms with Crippen molar-refractivity contribution in [3.63, 3.8) is 0 Å². The van der Waals surface area contributed by atoms with Gasteiger partial charge in [0.1, 0.15) is 11.6 Å². The first-order chi connectivity index (χ1) is 15.3. The first-order valence-corrected chi connectivity index (χ1v) is 11.2. The maximum atomic E-state index is 13.3. The molecule has 0 aliphatic rings. The minimum absolute atomic E-state index is 0.218. The Morgan fingerprint density at radius 2 is 1.24 bits per heavy atom. The Morgan fingerprint density at radius 1 is 0.758 bits per heavy atom. The van der Waals surface area contributed by atoms with Crippen LogP contribution in [-0.2, 0) is 10.1 Å². The standard InChI is InChI=1S/C11H5ClF4O3S.C11H8ClF/c12-10-7(13)5-4-6-2-1-3-8(9(6)10)19-20(17,18)11(14,15)16;1-7-3-2-4-8-5-6-9(13)11(12)10(7)8/h1-5H;2-6H,1H3. The highest BCUT2D eigenvalue weighted by atomic mass is 35.5. The summed E-state index contributed by atoms with van der Waals surface area (Å²) in [7, 11) is -5.85. The van der Waals surface area contributed by atoms with Crippen LogP contribution in [-0.4, -0.2) is 13.9 Å². The van der Waals surface area contributed by atoms with E-state index in [1.165, 1.54) is 24.3 Å². The Balaban J connectivity index is 0.000000203. The molecule has 0 radical (unpaired) electrons. The number of aryl methyl sites for hydroxylation is 1. The van der Waals surface area contributed by atoms with Crippen molar-refractivity contribution in [2.75, 3.05) is 0 Å². The maximum absolute atomic E-state index is 13.3. The van der Waals surface area contributed by atoms with Gasteiger partial charge in [-0.2, -0.15) is 21.6 Å². The predicted octanol–water partition coefficient (Wildman–Crippen LogP) is 7.80. The second kappa shape index (κ2) is 9.32. The van der Waals surface area contributed by atoms with Crippen molar-refractivity contribution in [3.05, 3.63) is 87.9 Å². The van der Waals surface area contributed by atoms with Gasteiger partial charge in [-0.25, -0.2) is 8.78 Å². The molecule has 0 heterocycles. The SMILES string of the molecule is Cc1cccc2ccc(F)c(Cl)c12.O=S(=O)(Oc1cccc2ccc(F)c(Cl)c12)C(F)(F)F. The zero-order valence-electron chi connectivity index (χ0n) is 16.6. The van der Waals surface area contributed by atoms with Crippen LogP contribution in [0.5, 0.6) is 5.75 Å². The molecular weight excluding hydrogens is 510 g/mol. The van der Waals surface area contributed by atoms with Gasteiger partial charge in [0.05, 0.1) is 10.0 Å². The molecule has 4 aromatic rings. The molecule has 3 nitrogen and oxygen atoms in total. The summed E-state index contributed by atoms with van der Waals surface area (Å²) in [5, 5.41) is 1.48. The average molecular weight is 523 g/mol. The van der Waals surface area contributed by atoms with Crippen LogP contribution in [0, 0.1) is 18.6 Å². The lowest BCUT2D eigenvalue weighted by molar-refractivity contribution is -0.0499. The highest BCUT2D eigenvalue weighted by Gasteiger charge is 2.48. The molecule has 0 atom stereocenters.